The zero-order chi connectivity index (χ0) is 15.5. The Morgan fingerprint density at radius 2 is 1.78 bits per heavy atom. The Hall–Kier alpha value is -1.13. The fourth-order valence-corrected chi connectivity index (χ4v) is 4.66. The summed E-state index contributed by atoms with van der Waals surface area (Å²) in [4.78, 5) is 15.3. The molecule has 5 heteroatoms. The minimum Gasteiger partial charge on any atom is -0.341 e. The molecule has 0 radical (unpaired) electrons. The van der Waals surface area contributed by atoms with E-state index in [1.54, 1.807) is 12.1 Å². The molecule has 23 heavy (non-hydrogen) atoms. The van der Waals surface area contributed by atoms with Crippen LogP contribution in [0.5, 0.6) is 0 Å². The number of nitrogens with one attached hydrogen (secondary N) is 1. The molecule has 3 aliphatic rings. The van der Waals surface area contributed by atoms with E-state index in [0.717, 1.165) is 32.6 Å². The molecule has 1 aromatic carbocycles. The third-order valence-corrected chi connectivity index (χ3v) is 6.11. The maximum Gasteiger partial charge on any atom is 0.233 e. The molecule has 2 saturated heterocycles. The highest BCUT2D eigenvalue weighted by atomic mass is 35.5. The molecule has 1 aliphatic carbocycles. The average molecular weight is 339 g/mol. The van der Waals surface area contributed by atoms with E-state index < -0.39 is 5.41 Å². The Morgan fingerprint density at radius 1 is 1.22 bits per heavy atom. The molecule has 2 heterocycles. The summed E-state index contributed by atoms with van der Waals surface area (Å²) < 4.78 is 14.4. The van der Waals surface area contributed by atoms with Gasteiger partial charge in [-0.1, -0.05) is 32.0 Å². The van der Waals surface area contributed by atoms with Crippen molar-refractivity contribution in [2.24, 2.45) is 17.3 Å². The number of benzene rings is 1. The van der Waals surface area contributed by atoms with E-state index >= 15 is 0 Å². The normalized spacial score (nSPS) is 34.0. The molecule has 1 aromatic rings. The average Bonchev–Trinajstić information content (AvgIpc) is 2.83. The number of hydrogen-bond donors (Lipinski definition) is 1. The zero-order valence-corrected chi connectivity index (χ0v) is 14.5. The first kappa shape index (κ1) is 16.7. The van der Waals surface area contributed by atoms with Gasteiger partial charge >= 0.3 is 0 Å². The molecule has 0 aromatic heterocycles. The fourth-order valence-electron chi connectivity index (χ4n) is 4.66. The van der Waals surface area contributed by atoms with E-state index in [2.05, 4.69) is 19.2 Å². The minimum absolute atomic E-state index is 0. The van der Waals surface area contributed by atoms with E-state index in [-0.39, 0.29) is 29.5 Å². The van der Waals surface area contributed by atoms with Gasteiger partial charge in [-0.2, -0.15) is 0 Å². The van der Waals surface area contributed by atoms with Crippen molar-refractivity contribution in [3.05, 3.63) is 35.6 Å². The molecule has 126 valence electrons. The van der Waals surface area contributed by atoms with Gasteiger partial charge in [0.05, 0.1) is 5.41 Å². The van der Waals surface area contributed by atoms with Gasteiger partial charge in [0.15, 0.2) is 0 Å². The van der Waals surface area contributed by atoms with Crippen molar-refractivity contribution in [3.63, 3.8) is 0 Å². The van der Waals surface area contributed by atoms with Crippen LogP contribution in [0.3, 0.4) is 0 Å². The predicted molar refractivity (Wildman–Crippen MR) is 90.2 cm³/mol. The number of likely N-dealkylation sites (tertiary alicyclic amines) is 1. The van der Waals surface area contributed by atoms with Crippen LogP contribution >= 0.6 is 12.4 Å². The summed E-state index contributed by atoms with van der Waals surface area (Å²) in [6.07, 6.45) is 0.740. The summed E-state index contributed by atoms with van der Waals surface area (Å²) >= 11 is 0. The van der Waals surface area contributed by atoms with E-state index in [1.165, 1.54) is 6.07 Å². The van der Waals surface area contributed by atoms with Crippen LogP contribution in [0, 0.1) is 23.1 Å². The second-order valence-electron chi connectivity index (χ2n) is 7.83. The van der Waals surface area contributed by atoms with Crippen LogP contribution in [0.4, 0.5) is 4.39 Å². The van der Waals surface area contributed by atoms with Crippen molar-refractivity contribution >= 4 is 18.3 Å². The van der Waals surface area contributed by atoms with Gasteiger partial charge in [0.25, 0.3) is 0 Å². The number of fused-ring (bicyclic) bond motifs is 1. The first-order chi connectivity index (χ1) is 10.5. The van der Waals surface area contributed by atoms with Crippen molar-refractivity contribution in [1.82, 2.24) is 10.2 Å². The van der Waals surface area contributed by atoms with Crippen molar-refractivity contribution in [2.45, 2.75) is 25.7 Å². The molecular weight excluding hydrogens is 315 g/mol. The number of halogens is 2. The van der Waals surface area contributed by atoms with E-state index in [1.807, 2.05) is 11.0 Å². The molecule has 3 nitrogen and oxygen atoms in total. The second-order valence-corrected chi connectivity index (χ2v) is 7.83. The van der Waals surface area contributed by atoms with Gasteiger partial charge in [-0.3, -0.25) is 4.79 Å². The molecule has 1 amide bonds. The van der Waals surface area contributed by atoms with Crippen LogP contribution in [0.15, 0.2) is 24.3 Å². The fraction of sp³-hybridized carbons (Fsp3) is 0.611. The number of nitrogens with zero attached hydrogens (tertiary/aromatic N) is 1. The van der Waals surface area contributed by atoms with Gasteiger partial charge in [-0.25, -0.2) is 4.39 Å². The van der Waals surface area contributed by atoms with Crippen LogP contribution in [-0.4, -0.2) is 37.0 Å². The quantitative estimate of drug-likeness (QED) is 0.899. The smallest absolute Gasteiger partial charge is 0.233 e. The number of amides is 1. The standard InChI is InChI=1S/C18H23FN2O.ClH/c1-17(2)11-18(17,14-5-3-4-6-15(14)19)16(22)21-9-12-7-20-8-13(12)10-21;/h3-6,12-13,20H,7-11H2,1-2H3;1H/t12-,13+,18?;. The third-order valence-electron chi connectivity index (χ3n) is 6.11. The first-order valence-electron chi connectivity index (χ1n) is 8.21. The lowest BCUT2D eigenvalue weighted by atomic mass is 9.86. The van der Waals surface area contributed by atoms with Gasteiger partial charge in [0, 0.05) is 31.7 Å². The molecule has 3 atom stereocenters. The molecule has 0 bridgehead atoms. The second kappa shape index (κ2) is 5.45. The summed E-state index contributed by atoms with van der Waals surface area (Å²) in [6, 6.07) is 6.80. The van der Waals surface area contributed by atoms with Crippen LogP contribution < -0.4 is 5.32 Å². The van der Waals surface area contributed by atoms with Gasteiger partial charge in [-0.05, 0) is 29.7 Å². The molecule has 2 aliphatic heterocycles. The SMILES string of the molecule is CC1(C)CC1(C(=O)N1C[C@H]2CNC[C@H]2C1)c1ccccc1F.Cl. The Bertz CT molecular complexity index is 623. The summed E-state index contributed by atoms with van der Waals surface area (Å²) in [7, 11) is 0. The summed E-state index contributed by atoms with van der Waals surface area (Å²) in [5.74, 6) is 1.03. The lowest BCUT2D eigenvalue weighted by molar-refractivity contribution is -0.134. The third kappa shape index (κ3) is 2.30. The Morgan fingerprint density at radius 3 is 2.30 bits per heavy atom. The van der Waals surface area contributed by atoms with E-state index in [4.69, 9.17) is 0 Å². The topological polar surface area (TPSA) is 32.3 Å². The molecular formula is C18H24ClFN2O. The van der Waals surface area contributed by atoms with Crippen molar-refractivity contribution in [1.29, 1.82) is 0 Å². The van der Waals surface area contributed by atoms with Crippen LogP contribution in [-0.2, 0) is 10.2 Å². The highest BCUT2D eigenvalue weighted by Crippen LogP contribution is 2.65. The Kier molecular flexibility index (Phi) is 3.96. The first-order valence-corrected chi connectivity index (χ1v) is 8.21. The van der Waals surface area contributed by atoms with E-state index in [0.29, 0.717) is 17.4 Å². The predicted octanol–water partition coefficient (Wildman–Crippen LogP) is 2.59. The monoisotopic (exact) mass is 338 g/mol. The Labute approximate surface area is 143 Å². The molecule has 4 rings (SSSR count). The zero-order valence-electron chi connectivity index (χ0n) is 13.6. The highest BCUT2D eigenvalue weighted by molar-refractivity contribution is 5.93. The minimum atomic E-state index is -0.662. The maximum absolute atomic E-state index is 14.4. The van der Waals surface area contributed by atoms with Gasteiger partial charge in [0.1, 0.15) is 5.82 Å². The summed E-state index contributed by atoms with van der Waals surface area (Å²) in [5.41, 5.74) is -0.243. The van der Waals surface area contributed by atoms with Crippen LogP contribution in [0.25, 0.3) is 0 Å². The number of rotatable bonds is 2. The van der Waals surface area contributed by atoms with Crippen molar-refractivity contribution < 1.29 is 9.18 Å². The number of carbonyl (C=O) groups is 1. The molecule has 0 spiro atoms. The lowest BCUT2D eigenvalue weighted by Gasteiger charge is -2.27. The largest absolute Gasteiger partial charge is 0.341 e. The van der Waals surface area contributed by atoms with Gasteiger partial charge in [0.2, 0.25) is 5.91 Å². The van der Waals surface area contributed by atoms with Crippen LogP contribution in [0.2, 0.25) is 0 Å². The van der Waals surface area contributed by atoms with Gasteiger partial charge in [-0.15, -0.1) is 12.4 Å². The maximum atomic E-state index is 14.4. The molecule has 1 unspecified atom stereocenters. The Balaban J connectivity index is 0.00000156. The van der Waals surface area contributed by atoms with Gasteiger partial charge < -0.3 is 10.2 Å². The molecule has 3 fully saturated rings. The summed E-state index contributed by atoms with van der Waals surface area (Å²) in [6.45, 7) is 7.81. The number of carbonyl (C=O) groups excluding carboxylic acids is 1. The number of hydrogen-bond acceptors (Lipinski definition) is 2. The van der Waals surface area contributed by atoms with Crippen LogP contribution in [0.1, 0.15) is 25.8 Å². The summed E-state index contributed by atoms with van der Waals surface area (Å²) in [5, 5.41) is 3.40. The molecule has 1 saturated carbocycles. The lowest BCUT2D eigenvalue weighted by Crippen LogP contribution is -2.42. The van der Waals surface area contributed by atoms with Crippen molar-refractivity contribution in [2.75, 3.05) is 26.2 Å². The van der Waals surface area contributed by atoms with Crippen molar-refractivity contribution in [3.8, 4) is 0 Å². The van der Waals surface area contributed by atoms with E-state index in [9.17, 15) is 9.18 Å². The molecule has 1 N–H and O–H groups in total. The highest BCUT2D eigenvalue weighted by Gasteiger charge is 2.69.